The minimum absolute atomic E-state index is 0.176. The molecule has 0 aliphatic carbocycles. The van der Waals surface area contributed by atoms with Crippen molar-refractivity contribution in [2.24, 2.45) is 0 Å². The summed E-state index contributed by atoms with van der Waals surface area (Å²) in [7, 11) is 0. The second-order valence-electron chi connectivity index (χ2n) is 3.27. The molecule has 0 saturated carbocycles. The zero-order valence-electron chi connectivity index (χ0n) is 8.71. The first-order valence-corrected chi connectivity index (χ1v) is 4.58. The standard InChI is InChI=1S/C10H7F4NO3/c11-7-3-5(10(12,13)14)1-2-6(7)9(18)15-4-8(16)17/h1-3H,4H2,(H,15,18)(H,16,17). The van der Waals surface area contributed by atoms with Gasteiger partial charge in [-0.05, 0) is 18.2 Å². The van der Waals surface area contributed by atoms with E-state index in [-0.39, 0.29) is 6.07 Å². The average Bonchev–Trinajstić information content (AvgIpc) is 2.24. The predicted octanol–water partition coefficient (Wildman–Crippen LogP) is 1.66. The number of alkyl halides is 3. The lowest BCUT2D eigenvalue weighted by atomic mass is 10.1. The highest BCUT2D eigenvalue weighted by Gasteiger charge is 2.31. The van der Waals surface area contributed by atoms with Crippen molar-refractivity contribution in [3.8, 4) is 0 Å². The van der Waals surface area contributed by atoms with Crippen LogP contribution in [0.5, 0.6) is 0 Å². The molecule has 18 heavy (non-hydrogen) atoms. The molecule has 98 valence electrons. The third-order valence-corrected chi connectivity index (χ3v) is 1.94. The van der Waals surface area contributed by atoms with E-state index in [0.717, 1.165) is 0 Å². The van der Waals surface area contributed by atoms with Crippen LogP contribution >= 0.6 is 0 Å². The molecule has 4 nitrogen and oxygen atoms in total. The molecular formula is C10H7F4NO3. The minimum Gasteiger partial charge on any atom is -0.480 e. The molecule has 1 amide bonds. The summed E-state index contributed by atoms with van der Waals surface area (Å²) in [5.41, 5.74) is -1.88. The third-order valence-electron chi connectivity index (χ3n) is 1.94. The fourth-order valence-electron chi connectivity index (χ4n) is 1.13. The first kappa shape index (κ1) is 13.9. The highest BCUT2D eigenvalue weighted by atomic mass is 19.4. The van der Waals surface area contributed by atoms with Crippen molar-refractivity contribution < 1.29 is 32.3 Å². The molecule has 1 aromatic carbocycles. The molecule has 0 heterocycles. The van der Waals surface area contributed by atoms with Crippen molar-refractivity contribution in [2.45, 2.75) is 6.18 Å². The van der Waals surface area contributed by atoms with Crippen LogP contribution < -0.4 is 5.32 Å². The van der Waals surface area contributed by atoms with Crippen LogP contribution in [-0.4, -0.2) is 23.5 Å². The number of carboxylic acids is 1. The van der Waals surface area contributed by atoms with Crippen molar-refractivity contribution >= 4 is 11.9 Å². The van der Waals surface area contributed by atoms with Crippen molar-refractivity contribution in [3.63, 3.8) is 0 Å². The molecule has 0 radical (unpaired) electrons. The number of hydrogen-bond acceptors (Lipinski definition) is 2. The smallest absolute Gasteiger partial charge is 0.416 e. The number of benzene rings is 1. The first-order chi connectivity index (χ1) is 8.21. The molecule has 0 unspecified atom stereocenters. The van der Waals surface area contributed by atoms with Crippen LogP contribution in [0.3, 0.4) is 0 Å². The van der Waals surface area contributed by atoms with Crippen LogP contribution in [0.15, 0.2) is 18.2 Å². The van der Waals surface area contributed by atoms with Gasteiger partial charge in [0.15, 0.2) is 0 Å². The molecule has 0 saturated heterocycles. The van der Waals surface area contributed by atoms with E-state index in [1.54, 1.807) is 0 Å². The first-order valence-electron chi connectivity index (χ1n) is 4.58. The maximum absolute atomic E-state index is 13.2. The molecule has 0 aliphatic heterocycles. The molecule has 0 bridgehead atoms. The highest BCUT2D eigenvalue weighted by molar-refractivity contribution is 5.96. The van der Waals surface area contributed by atoms with Gasteiger partial charge in [-0.1, -0.05) is 0 Å². The number of rotatable bonds is 3. The maximum atomic E-state index is 13.2. The Bertz CT molecular complexity index is 485. The Labute approximate surface area is 98.2 Å². The third kappa shape index (κ3) is 3.44. The molecule has 1 aromatic rings. The van der Waals surface area contributed by atoms with E-state index < -0.39 is 41.5 Å². The molecule has 8 heteroatoms. The normalized spacial score (nSPS) is 11.1. The van der Waals surface area contributed by atoms with Crippen LogP contribution in [0, 0.1) is 5.82 Å². The van der Waals surface area contributed by atoms with Gasteiger partial charge in [0.1, 0.15) is 12.4 Å². The number of aliphatic carboxylic acids is 1. The van der Waals surface area contributed by atoms with Crippen LogP contribution in [0.4, 0.5) is 17.6 Å². The number of nitrogens with one attached hydrogen (secondary N) is 1. The van der Waals surface area contributed by atoms with Gasteiger partial charge in [0.05, 0.1) is 11.1 Å². The van der Waals surface area contributed by atoms with Crippen LogP contribution in [0.2, 0.25) is 0 Å². The summed E-state index contributed by atoms with van der Waals surface area (Å²) in [5.74, 6) is -3.81. The molecular weight excluding hydrogens is 258 g/mol. The SMILES string of the molecule is O=C(O)CNC(=O)c1ccc(C(F)(F)F)cc1F. The van der Waals surface area contributed by atoms with E-state index in [1.165, 1.54) is 0 Å². The molecule has 2 N–H and O–H groups in total. The Kier molecular flexibility index (Phi) is 3.89. The molecule has 1 rings (SSSR count). The maximum Gasteiger partial charge on any atom is 0.416 e. The topological polar surface area (TPSA) is 66.4 Å². The fraction of sp³-hybridized carbons (Fsp3) is 0.200. The van der Waals surface area contributed by atoms with E-state index in [9.17, 15) is 27.2 Å². The number of hydrogen-bond donors (Lipinski definition) is 2. The number of amides is 1. The van der Waals surface area contributed by atoms with Gasteiger partial charge in [0.2, 0.25) is 0 Å². The second-order valence-corrected chi connectivity index (χ2v) is 3.27. The summed E-state index contributed by atoms with van der Waals surface area (Å²) in [6, 6.07) is 1.36. The van der Waals surface area contributed by atoms with E-state index in [1.807, 2.05) is 5.32 Å². The number of carbonyl (C=O) groups excluding carboxylic acids is 1. The van der Waals surface area contributed by atoms with Gasteiger partial charge >= 0.3 is 12.1 Å². The Morgan fingerprint density at radius 1 is 1.28 bits per heavy atom. The summed E-state index contributed by atoms with van der Waals surface area (Å²) < 4.78 is 49.9. The van der Waals surface area contributed by atoms with Gasteiger partial charge in [0, 0.05) is 0 Å². The molecule has 0 fully saturated rings. The Morgan fingerprint density at radius 2 is 1.89 bits per heavy atom. The molecule has 0 spiro atoms. The monoisotopic (exact) mass is 265 g/mol. The largest absolute Gasteiger partial charge is 0.480 e. The van der Waals surface area contributed by atoms with E-state index >= 15 is 0 Å². The number of halogens is 4. The van der Waals surface area contributed by atoms with Crippen molar-refractivity contribution in [1.82, 2.24) is 5.32 Å². The lowest BCUT2D eigenvalue weighted by molar-refractivity contribution is -0.138. The molecule has 0 aliphatic rings. The van der Waals surface area contributed by atoms with Crippen LogP contribution in [0.1, 0.15) is 15.9 Å². The fourth-order valence-corrected chi connectivity index (χ4v) is 1.13. The summed E-state index contributed by atoms with van der Waals surface area (Å²) in [5, 5.41) is 10.1. The molecule has 0 aromatic heterocycles. The lowest BCUT2D eigenvalue weighted by Crippen LogP contribution is -2.30. The Hall–Kier alpha value is -2.12. The summed E-state index contributed by atoms with van der Waals surface area (Å²) in [6.07, 6.45) is -4.71. The molecule has 0 atom stereocenters. The van der Waals surface area contributed by atoms with Gasteiger partial charge in [0.25, 0.3) is 5.91 Å². The Morgan fingerprint density at radius 3 is 2.33 bits per heavy atom. The van der Waals surface area contributed by atoms with E-state index in [0.29, 0.717) is 12.1 Å². The van der Waals surface area contributed by atoms with Gasteiger partial charge in [-0.15, -0.1) is 0 Å². The van der Waals surface area contributed by atoms with E-state index in [2.05, 4.69) is 0 Å². The second kappa shape index (κ2) is 5.03. The minimum atomic E-state index is -4.71. The number of carboxylic acid groups (broad SMARTS) is 1. The van der Waals surface area contributed by atoms with Gasteiger partial charge < -0.3 is 10.4 Å². The van der Waals surface area contributed by atoms with Crippen molar-refractivity contribution in [3.05, 3.63) is 35.1 Å². The quantitative estimate of drug-likeness (QED) is 0.817. The summed E-state index contributed by atoms with van der Waals surface area (Å²) >= 11 is 0. The van der Waals surface area contributed by atoms with E-state index in [4.69, 9.17) is 5.11 Å². The van der Waals surface area contributed by atoms with Gasteiger partial charge in [-0.3, -0.25) is 9.59 Å². The van der Waals surface area contributed by atoms with Crippen molar-refractivity contribution in [1.29, 1.82) is 0 Å². The predicted molar refractivity (Wildman–Crippen MR) is 51.4 cm³/mol. The van der Waals surface area contributed by atoms with Crippen LogP contribution in [0.25, 0.3) is 0 Å². The zero-order chi connectivity index (χ0) is 13.9. The van der Waals surface area contributed by atoms with Gasteiger partial charge in [-0.25, -0.2) is 4.39 Å². The van der Waals surface area contributed by atoms with Crippen molar-refractivity contribution in [2.75, 3.05) is 6.54 Å². The number of carbonyl (C=O) groups is 2. The Balaban J connectivity index is 2.92. The lowest BCUT2D eigenvalue weighted by Gasteiger charge is -2.08. The summed E-state index contributed by atoms with van der Waals surface area (Å²) in [6.45, 7) is -0.751. The highest BCUT2D eigenvalue weighted by Crippen LogP contribution is 2.30. The van der Waals surface area contributed by atoms with Crippen LogP contribution in [-0.2, 0) is 11.0 Å². The zero-order valence-corrected chi connectivity index (χ0v) is 8.71. The van der Waals surface area contributed by atoms with Gasteiger partial charge in [-0.2, -0.15) is 13.2 Å². The average molecular weight is 265 g/mol. The summed E-state index contributed by atoms with van der Waals surface area (Å²) in [4.78, 5) is 21.4.